The molecule has 0 radical (unpaired) electrons. The van der Waals surface area contributed by atoms with Crippen LogP contribution in [0.3, 0.4) is 0 Å². The molecule has 0 saturated carbocycles. The number of methoxy groups -OCH3 is 2. The van der Waals surface area contributed by atoms with E-state index >= 15 is 0 Å². The zero-order valence-corrected chi connectivity index (χ0v) is 17.1. The van der Waals surface area contributed by atoms with E-state index in [1.807, 2.05) is 61.5 Å². The molecule has 0 aliphatic carbocycles. The van der Waals surface area contributed by atoms with Crippen molar-refractivity contribution in [2.45, 2.75) is 6.92 Å². The van der Waals surface area contributed by atoms with Gasteiger partial charge in [0.15, 0.2) is 0 Å². The zero-order valence-electron chi connectivity index (χ0n) is 17.1. The van der Waals surface area contributed by atoms with E-state index in [0.29, 0.717) is 22.7 Å². The van der Waals surface area contributed by atoms with Crippen molar-refractivity contribution >= 4 is 22.5 Å². The highest BCUT2D eigenvalue weighted by Crippen LogP contribution is 2.28. The minimum Gasteiger partial charge on any atom is -0.497 e. The van der Waals surface area contributed by atoms with Gasteiger partial charge in [-0.15, -0.1) is 0 Å². The normalized spacial score (nSPS) is 10.6. The average molecular weight is 398 g/mol. The van der Waals surface area contributed by atoms with Crippen LogP contribution in [0.25, 0.3) is 22.2 Å². The van der Waals surface area contributed by atoms with Crippen molar-refractivity contribution in [1.82, 2.24) is 4.98 Å². The summed E-state index contributed by atoms with van der Waals surface area (Å²) >= 11 is 0. The van der Waals surface area contributed by atoms with Gasteiger partial charge in [0.2, 0.25) is 0 Å². The van der Waals surface area contributed by atoms with E-state index in [1.165, 1.54) is 5.56 Å². The number of benzene rings is 3. The van der Waals surface area contributed by atoms with Crippen LogP contribution in [0, 0.1) is 6.92 Å². The van der Waals surface area contributed by atoms with Crippen molar-refractivity contribution in [3.8, 4) is 22.8 Å². The molecule has 5 nitrogen and oxygen atoms in total. The van der Waals surface area contributed by atoms with E-state index in [0.717, 1.165) is 22.2 Å². The summed E-state index contributed by atoms with van der Waals surface area (Å²) in [5.74, 6) is 0.978. The molecule has 0 aliphatic rings. The Morgan fingerprint density at radius 1 is 0.867 bits per heavy atom. The average Bonchev–Trinajstić information content (AvgIpc) is 2.78. The molecule has 0 unspecified atom stereocenters. The van der Waals surface area contributed by atoms with Gasteiger partial charge in [0.25, 0.3) is 5.91 Å². The molecule has 1 N–H and O–H groups in total. The second kappa shape index (κ2) is 8.25. The molecule has 4 rings (SSSR count). The lowest BCUT2D eigenvalue weighted by Crippen LogP contribution is -2.13. The number of rotatable bonds is 5. The van der Waals surface area contributed by atoms with Gasteiger partial charge in [-0.05, 0) is 19.1 Å². The van der Waals surface area contributed by atoms with Crippen molar-refractivity contribution < 1.29 is 14.3 Å². The Labute approximate surface area is 175 Å². The van der Waals surface area contributed by atoms with Gasteiger partial charge in [-0.2, -0.15) is 0 Å². The summed E-state index contributed by atoms with van der Waals surface area (Å²) in [6.07, 6.45) is 0. The van der Waals surface area contributed by atoms with Gasteiger partial charge in [0.1, 0.15) is 11.5 Å². The second-order valence-electron chi connectivity index (χ2n) is 6.99. The molecule has 0 atom stereocenters. The molecular formula is C25H22N2O3. The molecule has 5 heteroatoms. The Hall–Kier alpha value is -3.86. The first-order valence-electron chi connectivity index (χ1n) is 9.58. The van der Waals surface area contributed by atoms with Gasteiger partial charge in [0.05, 0.1) is 31.0 Å². The van der Waals surface area contributed by atoms with Crippen LogP contribution in [-0.4, -0.2) is 25.1 Å². The fraction of sp³-hybridized carbons (Fsp3) is 0.120. The summed E-state index contributed by atoms with van der Waals surface area (Å²) in [6, 6.07) is 22.8. The predicted molar refractivity (Wildman–Crippen MR) is 119 cm³/mol. The third-order valence-electron chi connectivity index (χ3n) is 4.92. The summed E-state index contributed by atoms with van der Waals surface area (Å²) < 4.78 is 10.6. The van der Waals surface area contributed by atoms with Gasteiger partial charge in [-0.25, -0.2) is 4.98 Å². The number of nitrogens with zero attached hydrogens (tertiary/aromatic N) is 1. The molecule has 0 spiro atoms. The van der Waals surface area contributed by atoms with Crippen molar-refractivity contribution in [2.24, 2.45) is 0 Å². The molecule has 1 amide bonds. The Kier molecular flexibility index (Phi) is 5.35. The smallest absolute Gasteiger partial charge is 0.256 e. The molecular weight excluding hydrogens is 376 g/mol. The van der Waals surface area contributed by atoms with Crippen LogP contribution < -0.4 is 14.8 Å². The van der Waals surface area contributed by atoms with Crippen LogP contribution in [0.15, 0.2) is 72.8 Å². The SMILES string of the molecule is COc1cc(NC(=O)c2cc(-c3ccc(C)cc3)nc3ccccc23)cc(OC)c1. The van der Waals surface area contributed by atoms with Gasteiger partial charge in [-0.1, -0.05) is 48.0 Å². The fourth-order valence-corrected chi connectivity index (χ4v) is 3.31. The number of carbonyl (C=O) groups is 1. The van der Waals surface area contributed by atoms with E-state index in [2.05, 4.69) is 5.32 Å². The molecule has 1 heterocycles. The first kappa shape index (κ1) is 19.5. The van der Waals surface area contributed by atoms with Gasteiger partial charge in [-0.3, -0.25) is 4.79 Å². The van der Waals surface area contributed by atoms with Crippen LogP contribution in [0.2, 0.25) is 0 Å². The number of ether oxygens (including phenoxy) is 2. The highest BCUT2D eigenvalue weighted by Gasteiger charge is 2.15. The van der Waals surface area contributed by atoms with E-state index < -0.39 is 0 Å². The number of hydrogen-bond donors (Lipinski definition) is 1. The number of carbonyl (C=O) groups excluding carboxylic acids is 1. The van der Waals surface area contributed by atoms with Crippen molar-refractivity contribution in [2.75, 3.05) is 19.5 Å². The number of hydrogen-bond acceptors (Lipinski definition) is 4. The summed E-state index contributed by atoms with van der Waals surface area (Å²) in [4.78, 5) is 18.0. The van der Waals surface area contributed by atoms with E-state index in [9.17, 15) is 4.79 Å². The van der Waals surface area contributed by atoms with Gasteiger partial charge < -0.3 is 14.8 Å². The van der Waals surface area contributed by atoms with Gasteiger partial charge >= 0.3 is 0 Å². The van der Waals surface area contributed by atoms with Crippen LogP contribution in [0.4, 0.5) is 5.69 Å². The standard InChI is InChI=1S/C25H22N2O3/c1-16-8-10-17(11-9-16)24-15-22(21-6-4-5-7-23(21)27-24)25(28)26-18-12-19(29-2)14-20(13-18)30-3/h4-15H,1-3H3,(H,26,28). The number of fused-ring (bicyclic) bond motifs is 1. The highest BCUT2D eigenvalue weighted by molar-refractivity contribution is 6.13. The number of aromatic nitrogens is 1. The maximum atomic E-state index is 13.2. The predicted octanol–water partition coefficient (Wildman–Crippen LogP) is 5.48. The molecule has 0 aliphatic heterocycles. The quantitative estimate of drug-likeness (QED) is 0.484. The van der Waals surface area contributed by atoms with Crippen LogP contribution in [0.1, 0.15) is 15.9 Å². The Morgan fingerprint density at radius 3 is 2.20 bits per heavy atom. The summed E-state index contributed by atoms with van der Waals surface area (Å²) in [6.45, 7) is 2.04. The van der Waals surface area contributed by atoms with Gasteiger partial charge in [0, 0.05) is 34.8 Å². The molecule has 0 fully saturated rings. The third-order valence-corrected chi connectivity index (χ3v) is 4.92. The Balaban J connectivity index is 1.77. The summed E-state index contributed by atoms with van der Waals surface area (Å²) in [5.41, 5.74) is 4.80. The minimum absolute atomic E-state index is 0.225. The van der Waals surface area contributed by atoms with E-state index in [-0.39, 0.29) is 5.91 Å². The number of para-hydroxylation sites is 1. The first-order chi connectivity index (χ1) is 14.6. The third kappa shape index (κ3) is 3.96. The largest absolute Gasteiger partial charge is 0.497 e. The highest BCUT2D eigenvalue weighted by atomic mass is 16.5. The minimum atomic E-state index is -0.225. The van der Waals surface area contributed by atoms with Crippen molar-refractivity contribution in [3.63, 3.8) is 0 Å². The fourth-order valence-electron chi connectivity index (χ4n) is 3.31. The maximum absolute atomic E-state index is 13.2. The number of amides is 1. The lowest BCUT2D eigenvalue weighted by Gasteiger charge is -2.12. The van der Waals surface area contributed by atoms with Crippen molar-refractivity contribution in [3.05, 3.63) is 83.9 Å². The Bertz CT molecular complexity index is 1190. The molecule has 30 heavy (non-hydrogen) atoms. The topological polar surface area (TPSA) is 60.5 Å². The summed E-state index contributed by atoms with van der Waals surface area (Å²) in [7, 11) is 3.15. The van der Waals surface area contributed by atoms with Crippen LogP contribution >= 0.6 is 0 Å². The Morgan fingerprint density at radius 2 is 1.53 bits per heavy atom. The molecule has 150 valence electrons. The first-order valence-corrected chi connectivity index (χ1v) is 9.58. The molecule has 0 bridgehead atoms. The number of aryl methyl sites for hydroxylation is 1. The molecule has 1 aromatic heterocycles. The van der Waals surface area contributed by atoms with Crippen molar-refractivity contribution in [1.29, 1.82) is 0 Å². The maximum Gasteiger partial charge on any atom is 0.256 e. The van der Waals surface area contributed by atoms with Crippen LogP contribution in [-0.2, 0) is 0 Å². The summed E-state index contributed by atoms with van der Waals surface area (Å²) in [5, 5.41) is 3.75. The number of anilines is 1. The number of pyridine rings is 1. The lowest BCUT2D eigenvalue weighted by molar-refractivity contribution is 0.102. The molecule has 3 aromatic carbocycles. The monoisotopic (exact) mass is 398 g/mol. The molecule has 0 saturated heterocycles. The second-order valence-corrected chi connectivity index (χ2v) is 6.99. The number of nitrogens with one attached hydrogen (secondary N) is 1. The van der Waals surface area contributed by atoms with E-state index in [4.69, 9.17) is 14.5 Å². The van der Waals surface area contributed by atoms with E-state index in [1.54, 1.807) is 32.4 Å². The molecule has 4 aromatic rings. The van der Waals surface area contributed by atoms with Crippen LogP contribution in [0.5, 0.6) is 11.5 Å². The zero-order chi connectivity index (χ0) is 21.1. The lowest BCUT2D eigenvalue weighted by atomic mass is 10.0.